The molecule has 0 saturated heterocycles. The normalized spacial score (nSPS) is 18.4. The van der Waals surface area contributed by atoms with Crippen molar-refractivity contribution < 1.29 is 0 Å². The maximum absolute atomic E-state index is 4.71. The molecule has 0 N–H and O–H groups in total. The van der Waals surface area contributed by atoms with Gasteiger partial charge in [-0.1, -0.05) is 31.2 Å². The summed E-state index contributed by atoms with van der Waals surface area (Å²) in [6.45, 7) is 3.10. The van der Waals surface area contributed by atoms with Crippen molar-refractivity contribution in [1.82, 2.24) is 4.98 Å². The molecule has 1 aliphatic rings. The monoisotopic (exact) mass is 222 g/mol. The Hall–Kier alpha value is -1.96. The zero-order chi connectivity index (χ0) is 11.7. The Balaban J connectivity index is 2.14. The number of pyridine rings is 1. The van der Waals surface area contributed by atoms with Crippen LogP contribution in [0, 0.1) is 0 Å². The molecule has 0 bridgehead atoms. The molecule has 84 valence electrons. The summed E-state index contributed by atoms with van der Waals surface area (Å²) in [6.07, 6.45) is 3.64. The van der Waals surface area contributed by atoms with Gasteiger partial charge in [-0.05, 0) is 17.7 Å². The zero-order valence-corrected chi connectivity index (χ0v) is 9.80. The summed E-state index contributed by atoms with van der Waals surface area (Å²) >= 11 is 0. The number of hydrogen-bond donors (Lipinski definition) is 0. The predicted molar refractivity (Wildman–Crippen MR) is 69.6 cm³/mol. The van der Waals surface area contributed by atoms with E-state index >= 15 is 0 Å². The summed E-state index contributed by atoms with van der Waals surface area (Å²) in [6, 6.07) is 12.6. The lowest BCUT2D eigenvalue weighted by Gasteiger charge is -2.22. The highest BCUT2D eigenvalue weighted by atomic mass is 14.8. The summed E-state index contributed by atoms with van der Waals surface area (Å²) in [5.74, 6) is 0.511. The summed E-state index contributed by atoms with van der Waals surface area (Å²) in [4.78, 5) is 8.77. The van der Waals surface area contributed by atoms with Gasteiger partial charge in [-0.2, -0.15) is 0 Å². The molecule has 0 aliphatic carbocycles. The lowest BCUT2D eigenvalue weighted by molar-refractivity contribution is 0.761. The van der Waals surface area contributed by atoms with Gasteiger partial charge in [0.15, 0.2) is 0 Å². The Morgan fingerprint density at radius 2 is 1.82 bits per heavy atom. The lowest BCUT2D eigenvalue weighted by atomic mass is 9.88. The van der Waals surface area contributed by atoms with E-state index in [1.54, 1.807) is 0 Å². The van der Waals surface area contributed by atoms with Gasteiger partial charge in [0.2, 0.25) is 0 Å². The zero-order valence-electron chi connectivity index (χ0n) is 9.80. The fourth-order valence-electron chi connectivity index (χ4n) is 2.31. The van der Waals surface area contributed by atoms with Gasteiger partial charge >= 0.3 is 0 Å². The Morgan fingerprint density at radius 3 is 2.65 bits per heavy atom. The SMILES string of the molecule is CC1CN=C(c2ccncc2)c2ccccc21. The number of hydrogen-bond acceptors (Lipinski definition) is 2. The Bertz CT molecular complexity index is 558. The molecular weight excluding hydrogens is 208 g/mol. The predicted octanol–water partition coefficient (Wildman–Crippen LogP) is 3.04. The van der Waals surface area contributed by atoms with Gasteiger partial charge in [0.05, 0.1) is 5.71 Å². The second-order valence-electron chi connectivity index (χ2n) is 4.41. The van der Waals surface area contributed by atoms with Crippen LogP contribution in [0.4, 0.5) is 0 Å². The van der Waals surface area contributed by atoms with E-state index in [2.05, 4.69) is 36.2 Å². The minimum atomic E-state index is 0.511. The number of benzene rings is 1. The van der Waals surface area contributed by atoms with Crippen molar-refractivity contribution in [2.75, 3.05) is 6.54 Å². The first-order chi connectivity index (χ1) is 8.36. The molecular formula is C15H14N2. The van der Waals surface area contributed by atoms with E-state index in [1.165, 1.54) is 11.1 Å². The van der Waals surface area contributed by atoms with Crippen LogP contribution in [0.3, 0.4) is 0 Å². The summed E-state index contributed by atoms with van der Waals surface area (Å²) in [5, 5.41) is 0. The standard InChI is InChI=1S/C15H14N2/c1-11-10-17-15(12-6-8-16-9-7-12)14-5-3-2-4-13(11)14/h2-9,11H,10H2,1H3. The molecule has 1 aliphatic heterocycles. The molecule has 2 heteroatoms. The highest BCUT2D eigenvalue weighted by Gasteiger charge is 2.19. The van der Waals surface area contributed by atoms with Gasteiger partial charge in [0.25, 0.3) is 0 Å². The van der Waals surface area contributed by atoms with Crippen LogP contribution in [0.25, 0.3) is 0 Å². The highest BCUT2D eigenvalue weighted by Crippen LogP contribution is 2.27. The van der Waals surface area contributed by atoms with Crippen molar-refractivity contribution >= 4 is 5.71 Å². The Labute approximate surface area is 101 Å². The fourth-order valence-corrected chi connectivity index (χ4v) is 2.31. The molecule has 0 radical (unpaired) electrons. The van der Waals surface area contributed by atoms with E-state index in [1.807, 2.05) is 24.5 Å². The van der Waals surface area contributed by atoms with Crippen molar-refractivity contribution in [2.24, 2.45) is 4.99 Å². The van der Waals surface area contributed by atoms with E-state index in [9.17, 15) is 0 Å². The molecule has 2 heterocycles. The van der Waals surface area contributed by atoms with Crippen LogP contribution in [-0.2, 0) is 0 Å². The van der Waals surface area contributed by atoms with Gasteiger partial charge in [-0.25, -0.2) is 0 Å². The molecule has 3 rings (SSSR count). The van der Waals surface area contributed by atoms with Crippen LogP contribution < -0.4 is 0 Å². The molecule has 17 heavy (non-hydrogen) atoms. The molecule has 2 nitrogen and oxygen atoms in total. The van der Waals surface area contributed by atoms with Crippen LogP contribution in [-0.4, -0.2) is 17.2 Å². The first-order valence-electron chi connectivity index (χ1n) is 5.90. The molecule has 0 saturated carbocycles. The van der Waals surface area contributed by atoms with Crippen LogP contribution in [0.15, 0.2) is 53.8 Å². The molecule has 1 atom stereocenters. The number of aliphatic imine (C=N–C) groups is 1. The van der Waals surface area contributed by atoms with Crippen molar-refractivity contribution in [3.63, 3.8) is 0 Å². The quantitative estimate of drug-likeness (QED) is 0.728. The minimum absolute atomic E-state index is 0.511. The summed E-state index contributed by atoms with van der Waals surface area (Å²) in [7, 11) is 0. The second kappa shape index (κ2) is 4.13. The first kappa shape index (κ1) is 10.2. The average molecular weight is 222 g/mol. The molecule has 1 aromatic heterocycles. The van der Waals surface area contributed by atoms with E-state index < -0.39 is 0 Å². The number of nitrogens with zero attached hydrogens (tertiary/aromatic N) is 2. The third-order valence-electron chi connectivity index (χ3n) is 3.22. The molecule has 1 aromatic carbocycles. The third kappa shape index (κ3) is 1.76. The third-order valence-corrected chi connectivity index (χ3v) is 3.22. The van der Waals surface area contributed by atoms with Crippen molar-refractivity contribution in [1.29, 1.82) is 0 Å². The van der Waals surface area contributed by atoms with E-state index in [-0.39, 0.29) is 0 Å². The molecule has 1 unspecified atom stereocenters. The topological polar surface area (TPSA) is 25.2 Å². The smallest absolute Gasteiger partial charge is 0.0723 e. The molecule has 0 amide bonds. The Morgan fingerprint density at radius 1 is 1.06 bits per heavy atom. The fraction of sp³-hybridized carbons (Fsp3) is 0.200. The number of aromatic nitrogens is 1. The van der Waals surface area contributed by atoms with Gasteiger partial charge in [0, 0.05) is 36.0 Å². The second-order valence-corrected chi connectivity index (χ2v) is 4.41. The average Bonchev–Trinajstić information content (AvgIpc) is 2.41. The van der Waals surface area contributed by atoms with Crippen molar-refractivity contribution in [3.05, 3.63) is 65.5 Å². The molecule has 0 spiro atoms. The van der Waals surface area contributed by atoms with Crippen LogP contribution in [0.1, 0.15) is 29.5 Å². The Kier molecular flexibility index (Phi) is 2.48. The number of rotatable bonds is 1. The van der Waals surface area contributed by atoms with Crippen LogP contribution >= 0.6 is 0 Å². The molecule has 0 fully saturated rings. The minimum Gasteiger partial charge on any atom is -0.283 e. The van der Waals surface area contributed by atoms with E-state index in [0.29, 0.717) is 5.92 Å². The van der Waals surface area contributed by atoms with E-state index in [4.69, 9.17) is 4.99 Å². The van der Waals surface area contributed by atoms with Gasteiger partial charge in [-0.15, -0.1) is 0 Å². The highest BCUT2D eigenvalue weighted by molar-refractivity contribution is 6.14. The van der Waals surface area contributed by atoms with Crippen molar-refractivity contribution in [2.45, 2.75) is 12.8 Å². The number of fused-ring (bicyclic) bond motifs is 1. The first-order valence-corrected chi connectivity index (χ1v) is 5.90. The van der Waals surface area contributed by atoms with Crippen LogP contribution in [0.2, 0.25) is 0 Å². The van der Waals surface area contributed by atoms with Crippen LogP contribution in [0.5, 0.6) is 0 Å². The van der Waals surface area contributed by atoms with Gasteiger partial charge in [-0.3, -0.25) is 9.98 Å². The van der Waals surface area contributed by atoms with Gasteiger partial charge < -0.3 is 0 Å². The summed E-state index contributed by atoms with van der Waals surface area (Å²) in [5.41, 5.74) is 4.91. The maximum Gasteiger partial charge on any atom is 0.0723 e. The lowest BCUT2D eigenvalue weighted by Crippen LogP contribution is -2.16. The van der Waals surface area contributed by atoms with E-state index in [0.717, 1.165) is 17.8 Å². The van der Waals surface area contributed by atoms with Gasteiger partial charge in [0.1, 0.15) is 0 Å². The van der Waals surface area contributed by atoms with Crippen molar-refractivity contribution in [3.8, 4) is 0 Å². The summed E-state index contributed by atoms with van der Waals surface area (Å²) < 4.78 is 0. The maximum atomic E-state index is 4.71. The molecule has 2 aromatic rings. The largest absolute Gasteiger partial charge is 0.283 e.